The summed E-state index contributed by atoms with van der Waals surface area (Å²) < 4.78 is 9.50. The van der Waals surface area contributed by atoms with Gasteiger partial charge in [0.05, 0.1) is 36.0 Å². The number of rotatable bonds is 7. The number of amides is 2. The van der Waals surface area contributed by atoms with E-state index in [4.69, 9.17) is 4.74 Å². The molecule has 0 unspecified atom stereocenters. The summed E-state index contributed by atoms with van der Waals surface area (Å²) in [5.74, 6) is -1.30. The lowest BCUT2D eigenvalue weighted by molar-refractivity contribution is -0.401. The lowest BCUT2D eigenvalue weighted by Gasteiger charge is -2.15. The molecule has 26 heavy (non-hydrogen) atoms. The molecule has 0 aliphatic carbocycles. The van der Waals surface area contributed by atoms with E-state index in [0.717, 1.165) is 4.90 Å². The molecule has 2 amide bonds. The van der Waals surface area contributed by atoms with Crippen molar-refractivity contribution in [2.75, 3.05) is 24.4 Å². The highest BCUT2D eigenvalue weighted by atomic mass is 32.2. The molecule has 1 aromatic rings. The average molecular weight is 381 g/mol. The molecule has 3 N–H and O–H groups in total. The fourth-order valence-corrected chi connectivity index (χ4v) is 3.54. The van der Waals surface area contributed by atoms with Crippen molar-refractivity contribution in [3.05, 3.63) is 29.8 Å². The van der Waals surface area contributed by atoms with E-state index in [1.165, 1.54) is 43.1 Å². The number of hydrogen-bond donors (Lipinski definition) is 1. The van der Waals surface area contributed by atoms with E-state index in [1.54, 1.807) is 6.92 Å². The van der Waals surface area contributed by atoms with Gasteiger partial charge in [-0.05, 0) is 31.2 Å². The van der Waals surface area contributed by atoms with Crippen LogP contribution in [0.4, 0.5) is 5.69 Å². The molecule has 140 valence electrons. The number of imide groups is 1. The molecule has 1 heterocycles. The Balaban J connectivity index is 2.02. The van der Waals surface area contributed by atoms with Gasteiger partial charge in [-0.15, -0.1) is 11.8 Å². The van der Waals surface area contributed by atoms with Gasteiger partial charge in [-0.3, -0.25) is 9.59 Å². The molecule has 0 aromatic heterocycles. The fraction of sp³-hybridized carbons (Fsp3) is 0.412. The van der Waals surface area contributed by atoms with Crippen LogP contribution in [0.5, 0.6) is 0 Å². The molecule has 9 heteroatoms. The van der Waals surface area contributed by atoms with E-state index in [1.807, 2.05) is 0 Å². The lowest BCUT2D eigenvalue weighted by Crippen LogP contribution is -2.66. The van der Waals surface area contributed by atoms with Crippen LogP contribution in [-0.4, -0.2) is 54.5 Å². The minimum atomic E-state index is -0.601. The summed E-state index contributed by atoms with van der Waals surface area (Å²) in [7, 11) is 1.28. The van der Waals surface area contributed by atoms with E-state index in [-0.39, 0.29) is 30.6 Å². The van der Waals surface area contributed by atoms with Crippen LogP contribution < -0.4 is 10.6 Å². The molecular formula is C17H21N2O6S+. The maximum Gasteiger partial charge on any atom is 0.365 e. The first-order chi connectivity index (χ1) is 12.4. The van der Waals surface area contributed by atoms with Crippen molar-refractivity contribution in [3.63, 3.8) is 0 Å². The van der Waals surface area contributed by atoms with Crippen molar-refractivity contribution < 1.29 is 34.4 Å². The van der Waals surface area contributed by atoms with E-state index >= 15 is 0 Å². The first kappa shape index (κ1) is 19.9. The standard InChI is InChI=1S/C17H20N2O6S/c1-3-25-17(23)12(18)9-26-13-8-14(20)19(15(13)21)11-6-4-10(5-7-11)16(22)24-2/h4-7,12-13H,3,8-9,18H2,1-2H3/p+1/t12-,13+/m0/s1. The molecular weight excluding hydrogens is 360 g/mol. The number of benzene rings is 1. The van der Waals surface area contributed by atoms with Crippen LogP contribution in [0.1, 0.15) is 23.7 Å². The summed E-state index contributed by atoms with van der Waals surface area (Å²) in [6.45, 7) is 1.98. The summed E-state index contributed by atoms with van der Waals surface area (Å²) in [6, 6.07) is 5.44. The van der Waals surface area contributed by atoms with Gasteiger partial charge in [-0.25, -0.2) is 14.5 Å². The molecule has 0 saturated carbocycles. The zero-order valence-electron chi connectivity index (χ0n) is 14.6. The van der Waals surface area contributed by atoms with Gasteiger partial charge in [-0.2, -0.15) is 0 Å². The number of hydrogen-bond acceptors (Lipinski definition) is 7. The van der Waals surface area contributed by atoms with E-state index in [2.05, 4.69) is 10.5 Å². The number of thioether (sulfide) groups is 1. The second-order valence-electron chi connectivity index (χ2n) is 5.58. The maximum atomic E-state index is 12.6. The first-order valence-corrected chi connectivity index (χ1v) is 9.10. The average Bonchev–Trinajstić information content (AvgIpc) is 2.92. The van der Waals surface area contributed by atoms with Crippen LogP contribution >= 0.6 is 11.8 Å². The van der Waals surface area contributed by atoms with Crippen molar-refractivity contribution in [1.82, 2.24) is 0 Å². The monoisotopic (exact) mass is 381 g/mol. The highest BCUT2D eigenvalue weighted by molar-refractivity contribution is 8.00. The third-order valence-electron chi connectivity index (χ3n) is 3.77. The Bertz CT molecular complexity index is 706. The Hall–Kier alpha value is -2.39. The van der Waals surface area contributed by atoms with Crippen LogP contribution in [0.2, 0.25) is 0 Å². The second-order valence-corrected chi connectivity index (χ2v) is 6.82. The van der Waals surface area contributed by atoms with E-state index in [0.29, 0.717) is 11.3 Å². The summed E-state index contributed by atoms with van der Waals surface area (Å²) in [4.78, 5) is 49.0. The highest BCUT2D eigenvalue weighted by Crippen LogP contribution is 2.30. The van der Waals surface area contributed by atoms with Crippen molar-refractivity contribution in [3.8, 4) is 0 Å². The van der Waals surface area contributed by atoms with E-state index in [9.17, 15) is 19.2 Å². The molecule has 2 atom stereocenters. The van der Waals surface area contributed by atoms with Gasteiger partial charge >= 0.3 is 11.9 Å². The van der Waals surface area contributed by atoms with Crippen LogP contribution in [0.3, 0.4) is 0 Å². The van der Waals surface area contributed by atoms with Crippen LogP contribution in [-0.2, 0) is 23.9 Å². The van der Waals surface area contributed by atoms with Gasteiger partial charge in [-0.1, -0.05) is 0 Å². The molecule has 1 fully saturated rings. The quantitative estimate of drug-likeness (QED) is 0.522. The summed E-state index contributed by atoms with van der Waals surface area (Å²) >= 11 is 1.22. The summed E-state index contributed by atoms with van der Waals surface area (Å²) in [5.41, 5.74) is 4.45. The number of carbonyl (C=O) groups is 4. The molecule has 0 bridgehead atoms. The highest BCUT2D eigenvalue weighted by Gasteiger charge is 2.40. The number of esters is 2. The number of methoxy groups -OCH3 is 1. The third-order valence-corrected chi connectivity index (χ3v) is 5.14. The van der Waals surface area contributed by atoms with Crippen LogP contribution in [0, 0.1) is 0 Å². The zero-order chi connectivity index (χ0) is 19.3. The van der Waals surface area contributed by atoms with Gasteiger partial charge in [0.1, 0.15) is 0 Å². The fourth-order valence-electron chi connectivity index (χ4n) is 2.43. The van der Waals surface area contributed by atoms with Gasteiger partial charge in [0.2, 0.25) is 11.8 Å². The Kier molecular flexibility index (Phi) is 6.76. The molecule has 1 saturated heterocycles. The third kappa shape index (κ3) is 4.41. The minimum absolute atomic E-state index is 0.0534. The first-order valence-electron chi connectivity index (χ1n) is 8.05. The lowest BCUT2D eigenvalue weighted by atomic mass is 10.2. The molecule has 1 aliphatic rings. The number of carbonyl (C=O) groups excluding carboxylic acids is 4. The number of nitrogens with zero attached hydrogens (tertiary/aromatic N) is 1. The predicted octanol–water partition coefficient (Wildman–Crippen LogP) is 0.0119. The normalized spacial score (nSPS) is 18.0. The van der Waals surface area contributed by atoms with Crippen molar-refractivity contribution in [2.45, 2.75) is 24.6 Å². The van der Waals surface area contributed by atoms with Crippen molar-refractivity contribution in [1.29, 1.82) is 0 Å². The molecule has 0 spiro atoms. The van der Waals surface area contributed by atoms with Crippen LogP contribution in [0.15, 0.2) is 24.3 Å². The van der Waals surface area contributed by atoms with Gasteiger partial charge in [0, 0.05) is 6.42 Å². The molecule has 2 rings (SSSR count). The van der Waals surface area contributed by atoms with Crippen molar-refractivity contribution >= 4 is 41.2 Å². The molecule has 0 radical (unpaired) electrons. The number of ether oxygens (including phenoxy) is 2. The predicted molar refractivity (Wildman–Crippen MR) is 94.4 cm³/mol. The SMILES string of the molecule is CCOC(=O)[C@@H]([NH3+])CS[C@@H]1CC(=O)N(c2ccc(C(=O)OC)cc2)C1=O. The van der Waals surface area contributed by atoms with Gasteiger partial charge in [0.25, 0.3) is 0 Å². The molecule has 1 aromatic carbocycles. The van der Waals surface area contributed by atoms with Gasteiger partial charge in [0.15, 0.2) is 6.04 Å². The molecule has 1 aliphatic heterocycles. The Morgan fingerprint density at radius 1 is 1.31 bits per heavy atom. The Morgan fingerprint density at radius 3 is 2.54 bits per heavy atom. The zero-order valence-corrected chi connectivity index (χ0v) is 15.4. The largest absolute Gasteiger partial charge is 0.465 e. The van der Waals surface area contributed by atoms with Gasteiger partial charge < -0.3 is 15.2 Å². The summed E-state index contributed by atoms with van der Waals surface area (Å²) in [5, 5.41) is -0.568. The summed E-state index contributed by atoms with van der Waals surface area (Å²) in [6.07, 6.45) is 0.0534. The molecule has 8 nitrogen and oxygen atoms in total. The number of anilines is 1. The minimum Gasteiger partial charge on any atom is -0.465 e. The topological polar surface area (TPSA) is 118 Å². The maximum absolute atomic E-state index is 12.6. The van der Waals surface area contributed by atoms with Crippen LogP contribution in [0.25, 0.3) is 0 Å². The van der Waals surface area contributed by atoms with Crippen molar-refractivity contribution in [2.24, 2.45) is 0 Å². The number of quaternary nitrogens is 1. The Labute approximate surface area is 155 Å². The van der Waals surface area contributed by atoms with E-state index < -0.39 is 23.2 Å². The smallest absolute Gasteiger partial charge is 0.365 e. The Morgan fingerprint density at radius 2 is 1.96 bits per heavy atom. The second kappa shape index (κ2) is 8.81.